The van der Waals surface area contributed by atoms with Crippen LogP contribution >= 0.6 is 0 Å². The second-order valence-corrected chi connectivity index (χ2v) is 5.49. The van der Waals surface area contributed by atoms with Crippen LogP contribution in [-0.2, 0) is 12.8 Å². The number of anilines is 1. The first-order chi connectivity index (χ1) is 10.3. The van der Waals surface area contributed by atoms with Crippen molar-refractivity contribution in [2.24, 2.45) is 0 Å². The van der Waals surface area contributed by atoms with E-state index in [2.05, 4.69) is 39.9 Å². The van der Waals surface area contributed by atoms with Crippen LogP contribution in [0.15, 0.2) is 42.5 Å². The molecule has 102 valence electrons. The molecule has 0 aliphatic heterocycles. The van der Waals surface area contributed by atoms with Gasteiger partial charge in [-0.2, -0.15) is 5.26 Å². The lowest BCUT2D eigenvalue weighted by Crippen LogP contribution is -2.12. The van der Waals surface area contributed by atoms with Crippen molar-refractivity contribution in [1.29, 1.82) is 5.26 Å². The number of nitriles is 1. The minimum atomic E-state index is 0.279. The lowest BCUT2D eigenvalue weighted by atomic mass is 10.1. The van der Waals surface area contributed by atoms with Gasteiger partial charge < -0.3 is 10.3 Å². The van der Waals surface area contributed by atoms with E-state index in [9.17, 15) is 0 Å². The molecule has 3 aromatic rings. The maximum absolute atomic E-state index is 9.09. The predicted molar refractivity (Wildman–Crippen MR) is 81.7 cm³/mol. The number of aromatic nitrogens is 2. The molecule has 0 radical (unpaired) electrons. The van der Waals surface area contributed by atoms with Gasteiger partial charge in [-0.05, 0) is 42.2 Å². The quantitative estimate of drug-likeness (QED) is 0.742. The summed E-state index contributed by atoms with van der Waals surface area (Å²) in [7, 11) is 0. The van der Waals surface area contributed by atoms with Crippen molar-refractivity contribution < 1.29 is 0 Å². The number of hydrogen-bond donors (Lipinski definition) is 1. The van der Waals surface area contributed by atoms with Crippen LogP contribution in [0.5, 0.6) is 0 Å². The normalized spacial score (nSPS) is 14.2. The Morgan fingerprint density at radius 1 is 1.14 bits per heavy atom. The number of nitrogens with zero attached hydrogens (tertiary/aromatic N) is 3. The molecule has 1 aromatic heterocycles. The fraction of sp³-hybridized carbons (Fsp3) is 0.176. The third kappa shape index (κ3) is 1.78. The SMILES string of the molecule is N#Cc1ccc2nc(N)n(C3Cc4ccccc4C3)c2c1. The van der Waals surface area contributed by atoms with Crippen LogP contribution in [-0.4, -0.2) is 9.55 Å². The van der Waals surface area contributed by atoms with Gasteiger partial charge in [-0.3, -0.25) is 0 Å². The molecule has 1 aliphatic rings. The van der Waals surface area contributed by atoms with Gasteiger partial charge in [-0.1, -0.05) is 24.3 Å². The van der Waals surface area contributed by atoms with Crippen LogP contribution in [0.3, 0.4) is 0 Å². The van der Waals surface area contributed by atoms with E-state index in [1.807, 2.05) is 12.1 Å². The standard InChI is InChI=1S/C17H14N4/c18-10-11-5-6-15-16(7-11)21(17(19)20-15)14-8-12-3-1-2-4-13(12)9-14/h1-7,14H,8-9H2,(H2,19,20). The van der Waals surface area contributed by atoms with Gasteiger partial charge in [-0.25, -0.2) is 4.98 Å². The van der Waals surface area contributed by atoms with Gasteiger partial charge in [0.15, 0.2) is 0 Å². The third-order valence-electron chi connectivity index (χ3n) is 4.24. The zero-order valence-corrected chi connectivity index (χ0v) is 11.5. The van der Waals surface area contributed by atoms with Crippen LogP contribution < -0.4 is 5.73 Å². The van der Waals surface area contributed by atoms with Crippen LogP contribution in [0.25, 0.3) is 11.0 Å². The molecular formula is C17H14N4. The number of nitrogen functional groups attached to an aromatic ring is 1. The zero-order chi connectivity index (χ0) is 14.4. The van der Waals surface area contributed by atoms with Crippen molar-refractivity contribution in [2.45, 2.75) is 18.9 Å². The minimum absolute atomic E-state index is 0.279. The van der Waals surface area contributed by atoms with Crippen molar-refractivity contribution in [2.75, 3.05) is 5.73 Å². The van der Waals surface area contributed by atoms with Crippen molar-refractivity contribution in [1.82, 2.24) is 9.55 Å². The van der Waals surface area contributed by atoms with Gasteiger partial charge in [0, 0.05) is 6.04 Å². The summed E-state index contributed by atoms with van der Waals surface area (Å²) in [5.41, 5.74) is 11.3. The molecule has 0 spiro atoms. The monoisotopic (exact) mass is 274 g/mol. The van der Waals surface area contributed by atoms with E-state index in [0.29, 0.717) is 11.5 Å². The van der Waals surface area contributed by atoms with Crippen LogP contribution in [0, 0.1) is 11.3 Å². The van der Waals surface area contributed by atoms with E-state index >= 15 is 0 Å². The maximum atomic E-state index is 9.09. The average Bonchev–Trinajstić information content (AvgIpc) is 3.05. The topological polar surface area (TPSA) is 67.6 Å². The Morgan fingerprint density at radius 2 is 1.86 bits per heavy atom. The Labute approximate surface area is 122 Å². The highest BCUT2D eigenvalue weighted by Crippen LogP contribution is 2.34. The largest absolute Gasteiger partial charge is 0.369 e. The Hall–Kier alpha value is -2.80. The van der Waals surface area contributed by atoms with Crippen LogP contribution in [0.2, 0.25) is 0 Å². The van der Waals surface area contributed by atoms with E-state index in [1.54, 1.807) is 6.07 Å². The summed E-state index contributed by atoms with van der Waals surface area (Å²) in [6.45, 7) is 0. The van der Waals surface area contributed by atoms with Gasteiger partial charge in [-0.15, -0.1) is 0 Å². The summed E-state index contributed by atoms with van der Waals surface area (Å²) in [5, 5.41) is 9.09. The second kappa shape index (κ2) is 4.35. The smallest absolute Gasteiger partial charge is 0.201 e. The summed E-state index contributed by atoms with van der Waals surface area (Å²) in [6, 6.07) is 16.5. The molecule has 0 saturated heterocycles. The molecule has 0 unspecified atom stereocenters. The Bertz CT molecular complexity index is 860. The fourth-order valence-corrected chi connectivity index (χ4v) is 3.28. The second-order valence-electron chi connectivity index (χ2n) is 5.49. The first-order valence-corrected chi connectivity index (χ1v) is 7.00. The Balaban J connectivity index is 1.85. The highest BCUT2D eigenvalue weighted by molar-refractivity contribution is 5.80. The molecule has 0 fully saturated rings. The Morgan fingerprint density at radius 3 is 2.52 bits per heavy atom. The van der Waals surface area contributed by atoms with Gasteiger partial charge >= 0.3 is 0 Å². The number of nitrogens with two attached hydrogens (primary N) is 1. The number of imidazole rings is 1. The number of benzene rings is 2. The molecule has 1 aliphatic carbocycles. The third-order valence-corrected chi connectivity index (χ3v) is 4.24. The minimum Gasteiger partial charge on any atom is -0.369 e. The van der Waals surface area contributed by atoms with E-state index in [-0.39, 0.29) is 6.04 Å². The number of rotatable bonds is 1. The first kappa shape index (κ1) is 12.0. The maximum Gasteiger partial charge on any atom is 0.201 e. The number of fused-ring (bicyclic) bond motifs is 2. The van der Waals surface area contributed by atoms with Crippen molar-refractivity contribution in [3.8, 4) is 6.07 Å². The van der Waals surface area contributed by atoms with E-state index < -0.39 is 0 Å². The average molecular weight is 274 g/mol. The van der Waals surface area contributed by atoms with Crippen molar-refractivity contribution in [3.05, 3.63) is 59.2 Å². The fourth-order valence-electron chi connectivity index (χ4n) is 3.28. The molecule has 1 heterocycles. The van der Waals surface area contributed by atoms with Crippen LogP contribution in [0.1, 0.15) is 22.7 Å². The van der Waals surface area contributed by atoms with Gasteiger partial charge in [0.2, 0.25) is 5.95 Å². The molecular weight excluding hydrogens is 260 g/mol. The highest BCUT2D eigenvalue weighted by atomic mass is 15.2. The summed E-state index contributed by atoms with van der Waals surface area (Å²) in [5.74, 6) is 0.526. The zero-order valence-electron chi connectivity index (χ0n) is 11.5. The molecule has 4 rings (SSSR count). The molecule has 0 saturated carbocycles. The molecule has 0 atom stereocenters. The van der Waals surface area contributed by atoms with Crippen molar-refractivity contribution in [3.63, 3.8) is 0 Å². The number of hydrogen-bond acceptors (Lipinski definition) is 3. The van der Waals surface area contributed by atoms with Crippen LogP contribution in [0.4, 0.5) is 5.95 Å². The lowest BCUT2D eigenvalue weighted by molar-refractivity contribution is 0.550. The van der Waals surface area contributed by atoms with E-state index in [4.69, 9.17) is 11.0 Å². The summed E-state index contributed by atoms with van der Waals surface area (Å²) in [6.07, 6.45) is 1.92. The molecule has 21 heavy (non-hydrogen) atoms. The van der Waals surface area contributed by atoms with E-state index in [1.165, 1.54) is 11.1 Å². The predicted octanol–water partition coefficient (Wildman–Crippen LogP) is 2.83. The first-order valence-electron chi connectivity index (χ1n) is 7.00. The van der Waals surface area contributed by atoms with Crippen molar-refractivity contribution >= 4 is 17.0 Å². The molecule has 4 nitrogen and oxygen atoms in total. The molecule has 2 aromatic carbocycles. The molecule has 2 N–H and O–H groups in total. The van der Waals surface area contributed by atoms with Gasteiger partial charge in [0.25, 0.3) is 0 Å². The Kier molecular flexibility index (Phi) is 2.48. The molecule has 0 amide bonds. The van der Waals surface area contributed by atoms with Gasteiger partial charge in [0.05, 0.1) is 22.7 Å². The lowest BCUT2D eigenvalue weighted by Gasteiger charge is -2.14. The molecule has 0 bridgehead atoms. The summed E-state index contributed by atoms with van der Waals surface area (Å²) < 4.78 is 2.08. The van der Waals surface area contributed by atoms with Gasteiger partial charge in [0.1, 0.15) is 0 Å². The summed E-state index contributed by atoms with van der Waals surface area (Å²) in [4.78, 5) is 4.43. The van der Waals surface area contributed by atoms with E-state index in [0.717, 1.165) is 23.9 Å². The highest BCUT2D eigenvalue weighted by Gasteiger charge is 2.25. The molecule has 4 heteroatoms. The summed E-state index contributed by atoms with van der Waals surface area (Å²) >= 11 is 0.